The van der Waals surface area contributed by atoms with E-state index in [2.05, 4.69) is 139 Å². The Morgan fingerprint density at radius 2 is 1.19 bits per heavy atom. The smallest absolute Gasteiger partial charge is 0.0523 e. The van der Waals surface area contributed by atoms with Crippen molar-refractivity contribution < 1.29 is 0 Å². The highest BCUT2D eigenvalue weighted by Gasteiger charge is 2.35. The number of nitrogens with zero attached hydrogens (tertiary/aromatic N) is 2. The molecule has 0 spiro atoms. The van der Waals surface area contributed by atoms with Crippen molar-refractivity contribution in [3.63, 3.8) is 0 Å². The molecule has 0 amide bonds. The van der Waals surface area contributed by atoms with Gasteiger partial charge < -0.3 is 9.80 Å². The first-order valence-corrected chi connectivity index (χ1v) is 16.5. The molecule has 2 aliphatic heterocycles. The summed E-state index contributed by atoms with van der Waals surface area (Å²) < 4.78 is 0. The van der Waals surface area contributed by atoms with Crippen molar-refractivity contribution in [3.8, 4) is 0 Å². The van der Waals surface area contributed by atoms with Crippen LogP contribution in [0.15, 0.2) is 96.1 Å². The summed E-state index contributed by atoms with van der Waals surface area (Å²) in [6, 6.07) is 32.4. The molecule has 0 fully saturated rings. The second kappa shape index (κ2) is 10.2. The molecule has 3 heteroatoms. The van der Waals surface area contributed by atoms with Crippen molar-refractivity contribution in [2.24, 2.45) is 0 Å². The van der Waals surface area contributed by atoms with E-state index in [0.717, 1.165) is 13.0 Å². The molecule has 0 N–H and O–H groups in total. The minimum Gasteiger partial charge on any atom is -0.341 e. The molecule has 2 nitrogen and oxygen atoms in total. The topological polar surface area (TPSA) is 6.48 Å². The molecule has 4 aromatic carbocycles. The summed E-state index contributed by atoms with van der Waals surface area (Å²) in [5.41, 5.74) is 17.1. The van der Waals surface area contributed by atoms with Gasteiger partial charge in [-0.05, 0) is 93.0 Å². The fraction of sp³-hybridized carbons (Fsp3) is 0.282. The van der Waals surface area contributed by atoms with Gasteiger partial charge in [-0.15, -0.1) is 11.8 Å². The third kappa shape index (κ3) is 4.08. The zero-order valence-electron chi connectivity index (χ0n) is 24.8. The quantitative estimate of drug-likeness (QED) is 0.243. The van der Waals surface area contributed by atoms with E-state index < -0.39 is 0 Å². The van der Waals surface area contributed by atoms with E-state index in [0.29, 0.717) is 16.5 Å². The van der Waals surface area contributed by atoms with Gasteiger partial charge in [-0.3, -0.25) is 0 Å². The average molecular weight is 567 g/mol. The highest BCUT2D eigenvalue weighted by Crippen LogP contribution is 2.57. The molecular weight excluding hydrogens is 529 g/mol. The fourth-order valence-electron chi connectivity index (χ4n) is 7.79. The Hall–Kier alpha value is -3.69. The second-order valence-electron chi connectivity index (χ2n) is 12.5. The van der Waals surface area contributed by atoms with Gasteiger partial charge in [-0.1, -0.05) is 84.0 Å². The Balaban J connectivity index is 1.14. The van der Waals surface area contributed by atoms with Gasteiger partial charge in [0, 0.05) is 46.5 Å². The standard InChI is InChI=1S/C39H38N2S/c1-25-23-32-30(14-8-18-36(32)40-22-10-13-28-11-4-6-16-34(28)40)38(25)42-39-26(2)24-33-31(39)15-9-19-37(33)41-27(3)20-21-29-12-5-7-17-35(29)41/h4-9,11-12,14-19,23-24,27,38-39H,10,13,20-22H2,1-3H3. The van der Waals surface area contributed by atoms with Gasteiger partial charge in [-0.25, -0.2) is 0 Å². The number of aryl methyl sites for hydroxylation is 2. The molecule has 210 valence electrons. The normalized spacial score (nSPS) is 22.2. The zero-order valence-corrected chi connectivity index (χ0v) is 25.6. The summed E-state index contributed by atoms with van der Waals surface area (Å²) in [7, 11) is 0. The first-order valence-electron chi connectivity index (χ1n) is 15.6. The number of fused-ring (bicyclic) bond motifs is 4. The number of para-hydroxylation sites is 2. The molecular formula is C39H38N2S. The number of rotatable bonds is 4. The first-order chi connectivity index (χ1) is 20.6. The predicted molar refractivity (Wildman–Crippen MR) is 181 cm³/mol. The van der Waals surface area contributed by atoms with E-state index in [9.17, 15) is 0 Å². The molecule has 4 aromatic rings. The lowest BCUT2D eigenvalue weighted by Gasteiger charge is -2.38. The summed E-state index contributed by atoms with van der Waals surface area (Å²) in [4.78, 5) is 5.17. The number of anilines is 4. The van der Waals surface area contributed by atoms with Crippen LogP contribution in [0.25, 0.3) is 12.2 Å². The Morgan fingerprint density at radius 3 is 1.90 bits per heavy atom. The lowest BCUT2D eigenvalue weighted by Crippen LogP contribution is -2.33. The molecule has 2 aliphatic carbocycles. The summed E-state index contributed by atoms with van der Waals surface area (Å²) >= 11 is 2.13. The van der Waals surface area contributed by atoms with Crippen LogP contribution in [0, 0.1) is 0 Å². The maximum absolute atomic E-state index is 2.60. The van der Waals surface area contributed by atoms with E-state index in [-0.39, 0.29) is 0 Å². The van der Waals surface area contributed by atoms with Crippen LogP contribution in [0.1, 0.15) is 77.5 Å². The minimum absolute atomic E-state index is 0.356. The summed E-state index contributed by atoms with van der Waals surface area (Å²) in [5.74, 6) is 0. The molecule has 0 radical (unpaired) electrons. The third-order valence-electron chi connectivity index (χ3n) is 9.83. The average Bonchev–Trinajstić information content (AvgIpc) is 3.52. The van der Waals surface area contributed by atoms with Crippen molar-refractivity contribution in [1.82, 2.24) is 0 Å². The van der Waals surface area contributed by atoms with Gasteiger partial charge >= 0.3 is 0 Å². The summed E-state index contributed by atoms with van der Waals surface area (Å²) in [5, 5.41) is 0.714. The van der Waals surface area contributed by atoms with Crippen LogP contribution in [0.2, 0.25) is 0 Å². The van der Waals surface area contributed by atoms with Crippen molar-refractivity contribution in [1.29, 1.82) is 0 Å². The van der Waals surface area contributed by atoms with Crippen LogP contribution in [-0.4, -0.2) is 12.6 Å². The van der Waals surface area contributed by atoms with Crippen LogP contribution in [0.3, 0.4) is 0 Å². The number of thioether (sulfide) groups is 1. The SMILES string of the molecule is CC1=Cc2c(cccc2N2CCCc3ccccc32)C1SC1C(C)=Cc2c1cccc2N1c2ccccc2CCC1C. The molecule has 42 heavy (non-hydrogen) atoms. The first kappa shape index (κ1) is 26.0. The van der Waals surface area contributed by atoms with Gasteiger partial charge in [0.1, 0.15) is 0 Å². The van der Waals surface area contributed by atoms with E-state index in [1.54, 1.807) is 0 Å². The predicted octanol–water partition coefficient (Wildman–Crippen LogP) is 10.6. The van der Waals surface area contributed by atoms with Gasteiger partial charge in [0.25, 0.3) is 0 Å². The third-order valence-corrected chi connectivity index (χ3v) is 11.6. The largest absolute Gasteiger partial charge is 0.341 e. The molecule has 0 saturated heterocycles. The minimum atomic E-state index is 0.356. The maximum atomic E-state index is 2.60. The monoisotopic (exact) mass is 566 g/mol. The molecule has 0 bridgehead atoms. The highest BCUT2D eigenvalue weighted by atomic mass is 32.2. The summed E-state index contributed by atoms with van der Waals surface area (Å²) in [6.45, 7) is 8.14. The second-order valence-corrected chi connectivity index (χ2v) is 13.7. The van der Waals surface area contributed by atoms with E-state index in [4.69, 9.17) is 0 Å². The van der Waals surface area contributed by atoms with E-state index >= 15 is 0 Å². The van der Waals surface area contributed by atoms with Crippen molar-refractivity contribution in [2.75, 3.05) is 16.3 Å². The van der Waals surface area contributed by atoms with Crippen LogP contribution < -0.4 is 9.80 Å². The van der Waals surface area contributed by atoms with Gasteiger partial charge in [0.2, 0.25) is 0 Å². The Kier molecular flexibility index (Phi) is 6.33. The van der Waals surface area contributed by atoms with Crippen LogP contribution in [0.5, 0.6) is 0 Å². The van der Waals surface area contributed by atoms with Gasteiger partial charge in [-0.2, -0.15) is 0 Å². The molecule has 3 atom stereocenters. The number of hydrogen-bond acceptors (Lipinski definition) is 3. The van der Waals surface area contributed by atoms with Crippen LogP contribution in [-0.2, 0) is 12.8 Å². The maximum Gasteiger partial charge on any atom is 0.0523 e. The lowest BCUT2D eigenvalue weighted by molar-refractivity contribution is 0.618. The number of benzene rings is 4. The molecule has 0 aromatic heterocycles. The van der Waals surface area contributed by atoms with Crippen LogP contribution >= 0.6 is 11.8 Å². The van der Waals surface area contributed by atoms with Crippen molar-refractivity contribution in [2.45, 2.75) is 63.0 Å². The van der Waals surface area contributed by atoms with Crippen molar-refractivity contribution >= 4 is 46.7 Å². The Morgan fingerprint density at radius 1 is 0.619 bits per heavy atom. The molecule has 2 heterocycles. The number of hydrogen-bond donors (Lipinski definition) is 0. The summed E-state index contributed by atoms with van der Waals surface area (Å²) in [6.07, 6.45) is 9.67. The highest BCUT2D eigenvalue weighted by molar-refractivity contribution is 8.00. The Labute approximate surface area is 254 Å². The lowest BCUT2D eigenvalue weighted by atomic mass is 9.94. The fourth-order valence-corrected chi connectivity index (χ4v) is 9.33. The molecule has 4 aliphatic rings. The van der Waals surface area contributed by atoms with Gasteiger partial charge in [0.15, 0.2) is 0 Å². The van der Waals surface area contributed by atoms with E-state index in [1.165, 1.54) is 86.5 Å². The van der Waals surface area contributed by atoms with Crippen molar-refractivity contribution in [3.05, 3.63) is 129 Å². The van der Waals surface area contributed by atoms with E-state index in [1.807, 2.05) is 0 Å². The zero-order chi connectivity index (χ0) is 28.4. The molecule has 3 unspecified atom stereocenters. The molecule has 8 rings (SSSR count). The van der Waals surface area contributed by atoms with Gasteiger partial charge in [0.05, 0.1) is 10.5 Å². The van der Waals surface area contributed by atoms with Crippen LogP contribution in [0.4, 0.5) is 22.7 Å². The Bertz CT molecular complexity index is 1760. The molecule has 0 saturated carbocycles.